The molecule has 1 aliphatic rings. The molecule has 0 bridgehead atoms. The lowest BCUT2D eigenvalue weighted by Crippen LogP contribution is -2.31. The quantitative estimate of drug-likeness (QED) is 0.777. The van der Waals surface area contributed by atoms with Crippen LogP contribution in [0.1, 0.15) is 45.1 Å². The van der Waals surface area contributed by atoms with Crippen LogP contribution >= 0.6 is 0 Å². The van der Waals surface area contributed by atoms with Crippen LogP contribution in [0.5, 0.6) is 0 Å². The zero-order chi connectivity index (χ0) is 15.2. The van der Waals surface area contributed by atoms with Crippen molar-refractivity contribution in [2.24, 2.45) is 17.8 Å². The maximum atomic E-state index is 13.4. The van der Waals surface area contributed by atoms with E-state index in [1.165, 1.54) is 37.8 Å². The molecule has 1 aliphatic carbocycles. The van der Waals surface area contributed by atoms with E-state index < -0.39 is 11.6 Å². The average molecular weight is 295 g/mol. The Hall–Kier alpha value is -0.960. The molecule has 2 rings (SSSR count). The lowest BCUT2D eigenvalue weighted by atomic mass is 9.85. The molecule has 1 N–H and O–H groups in total. The van der Waals surface area contributed by atoms with Gasteiger partial charge in [0.25, 0.3) is 0 Å². The maximum Gasteiger partial charge on any atom is 0.126 e. The van der Waals surface area contributed by atoms with Crippen molar-refractivity contribution in [3.05, 3.63) is 35.4 Å². The number of benzene rings is 1. The second-order valence-corrected chi connectivity index (χ2v) is 6.84. The van der Waals surface area contributed by atoms with Crippen LogP contribution in [0.15, 0.2) is 18.2 Å². The molecule has 0 radical (unpaired) electrons. The van der Waals surface area contributed by atoms with Gasteiger partial charge in [-0.05, 0) is 55.0 Å². The fourth-order valence-corrected chi connectivity index (χ4v) is 3.42. The standard InChI is InChI=1S/C18H27F2N/c1-13(2)11-21-12-16(15-5-3-4-6-15)7-14-8-17(19)10-18(20)9-14/h8-10,13,15-16,21H,3-7,11-12H2,1-2H3. The van der Waals surface area contributed by atoms with Crippen molar-refractivity contribution in [2.45, 2.75) is 46.0 Å². The van der Waals surface area contributed by atoms with Gasteiger partial charge in [0.05, 0.1) is 0 Å². The van der Waals surface area contributed by atoms with E-state index >= 15 is 0 Å². The van der Waals surface area contributed by atoms with Crippen molar-refractivity contribution in [2.75, 3.05) is 13.1 Å². The van der Waals surface area contributed by atoms with E-state index in [-0.39, 0.29) is 0 Å². The number of nitrogens with one attached hydrogen (secondary N) is 1. The van der Waals surface area contributed by atoms with Crippen LogP contribution in [0.2, 0.25) is 0 Å². The van der Waals surface area contributed by atoms with Gasteiger partial charge >= 0.3 is 0 Å². The summed E-state index contributed by atoms with van der Waals surface area (Å²) in [6, 6.07) is 3.91. The van der Waals surface area contributed by atoms with Gasteiger partial charge in [0.15, 0.2) is 0 Å². The predicted molar refractivity (Wildman–Crippen MR) is 83.2 cm³/mol. The lowest BCUT2D eigenvalue weighted by Gasteiger charge is -2.24. The third kappa shape index (κ3) is 5.39. The van der Waals surface area contributed by atoms with E-state index in [2.05, 4.69) is 19.2 Å². The Morgan fingerprint density at radius 1 is 1.05 bits per heavy atom. The molecule has 0 aromatic heterocycles. The van der Waals surface area contributed by atoms with Crippen molar-refractivity contribution >= 4 is 0 Å². The highest BCUT2D eigenvalue weighted by Crippen LogP contribution is 2.33. The molecule has 1 fully saturated rings. The minimum absolute atomic E-state index is 0.467. The third-order valence-electron chi connectivity index (χ3n) is 4.45. The van der Waals surface area contributed by atoms with Gasteiger partial charge < -0.3 is 5.32 Å². The van der Waals surface area contributed by atoms with E-state index in [0.717, 1.165) is 31.1 Å². The first-order chi connectivity index (χ1) is 10.0. The first-order valence-corrected chi connectivity index (χ1v) is 8.20. The molecule has 0 heterocycles. The Morgan fingerprint density at radius 3 is 2.24 bits per heavy atom. The van der Waals surface area contributed by atoms with E-state index in [4.69, 9.17) is 0 Å². The molecular weight excluding hydrogens is 268 g/mol. The van der Waals surface area contributed by atoms with Gasteiger partial charge in [-0.3, -0.25) is 0 Å². The fourth-order valence-electron chi connectivity index (χ4n) is 3.42. The zero-order valence-corrected chi connectivity index (χ0v) is 13.2. The summed E-state index contributed by atoms with van der Waals surface area (Å²) in [6.07, 6.45) is 5.87. The van der Waals surface area contributed by atoms with E-state index in [1.54, 1.807) is 0 Å². The summed E-state index contributed by atoms with van der Waals surface area (Å²) in [5, 5.41) is 3.52. The summed E-state index contributed by atoms with van der Waals surface area (Å²) < 4.78 is 26.7. The first kappa shape index (κ1) is 16.4. The number of hydrogen-bond donors (Lipinski definition) is 1. The van der Waals surface area contributed by atoms with Crippen LogP contribution in [-0.2, 0) is 6.42 Å². The van der Waals surface area contributed by atoms with Gasteiger partial charge in [-0.15, -0.1) is 0 Å². The summed E-state index contributed by atoms with van der Waals surface area (Å²) in [6.45, 7) is 6.33. The van der Waals surface area contributed by atoms with Crippen LogP contribution in [0.25, 0.3) is 0 Å². The van der Waals surface area contributed by atoms with Crippen molar-refractivity contribution < 1.29 is 8.78 Å². The summed E-state index contributed by atoms with van der Waals surface area (Å²) in [5.41, 5.74) is 0.788. The Morgan fingerprint density at radius 2 is 1.67 bits per heavy atom. The minimum atomic E-state index is -0.467. The van der Waals surface area contributed by atoms with Crippen LogP contribution in [-0.4, -0.2) is 13.1 Å². The number of rotatable bonds is 7. The highest BCUT2D eigenvalue weighted by molar-refractivity contribution is 5.18. The predicted octanol–water partition coefficient (Wildman–Crippen LogP) is 4.56. The molecule has 0 aliphatic heterocycles. The molecule has 0 amide bonds. The molecular formula is C18H27F2N. The highest BCUT2D eigenvalue weighted by atomic mass is 19.1. The van der Waals surface area contributed by atoms with Gasteiger partial charge in [-0.25, -0.2) is 8.78 Å². The Kier molecular flexibility index (Phi) is 6.16. The SMILES string of the molecule is CC(C)CNCC(Cc1cc(F)cc(F)c1)C1CCCC1. The molecule has 118 valence electrons. The molecule has 0 spiro atoms. The first-order valence-electron chi connectivity index (χ1n) is 8.20. The van der Waals surface area contributed by atoms with Crippen LogP contribution < -0.4 is 5.32 Å². The van der Waals surface area contributed by atoms with Crippen LogP contribution in [0.3, 0.4) is 0 Å². The van der Waals surface area contributed by atoms with Gasteiger partial charge in [0, 0.05) is 6.07 Å². The zero-order valence-electron chi connectivity index (χ0n) is 13.2. The molecule has 3 heteroatoms. The summed E-state index contributed by atoms with van der Waals surface area (Å²) in [5.74, 6) is 0.861. The fraction of sp³-hybridized carbons (Fsp3) is 0.667. The number of halogens is 2. The van der Waals surface area contributed by atoms with Crippen molar-refractivity contribution in [1.29, 1.82) is 0 Å². The van der Waals surface area contributed by atoms with E-state index in [9.17, 15) is 8.78 Å². The number of hydrogen-bond acceptors (Lipinski definition) is 1. The molecule has 1 nitrogen and oxygen atoms in total. The molecule has 1 atom stereocenters. The smallest absolute Gasteiger partial charge is 0.126 e. The van der Waals surface area contributed by atoms with Gasteiger partial charge in [-0.2, -0.15) is 0 Å². The minimum Gasteiger partial charge on any atom is -0.316 e. The Labute approximate surface area is 127 Å². The molecule has 21 heavy (non-hydrogen) atoms. The molecule has 1 unspecified atom stereocenters. The van der Waals surface area contributed by atoms with Crippen molar-refractivity contribution in [3.63, 3.8) is 0 Å². The second-order valence-electron chi connectivity index (χ2n) is 6.84. The van der Waals surface area contributed by atoms with Crippen LogP contribution in [0.4, 0.5) is 8.78 Å². The topological polar surface area (TPSA) is 12.0 Å². The molecule has 0 saturated heterocycles. The largest absolute Gasteiger partial charge is 0.316 e. The molecule has 1 aromatic rings. The average Bonchev–Trinajstić information content (AvgIpc) is 2.89. The van der Waals surface area contributed by atoms with Gasteiger partial charge in [-0.1, -0.05) is 39.5 Å². The molecule has 1 saturated carbocycles. The van der Waals surface area contributed by atoms with Crippen molar-refractivity contribution in [3.8, 4) is 0 Å². The monoisotopic (exact) mass is 295 g/mol. The highest BCUT2D eigenvalue weighted by Gasteiger charge is 2.25. The van der Waals surface area contributed by atoms with Crippen molar-refractivity contribution in [1.82, 2.24) is 5.32 Å². The normalized spacial score (nSPS) is 17.6. The van der Waals surface area contributed by atoms with E-state index in [1.807, 2.05) is 0 Å². The summed E-state index contributed by atoms with van der Waals surface area (Å²) >= 11 is 0. The second kappa shape index (κ2) is 7.88. The maximum absolute atomic E-state index is 13.4. The third-order valence-corrected chi connectivity index (χ3v) is 4.45. The van der Waals surface area contributed by atoms with Gasteiger partial charge in [0.1, 0.15) is 11.6 Å². The lowest BCUT2D eigenvalue weighted by molar-refractivity contribution is 0.315. The summed E-state index contributed by atoms with van der Waals surface area (Å²) in [7, 11) is 0. The Bertz CT molecular complexity index is 419. The molecule has 1 aromatic carbocycles. The van der Waals surface area contributed by atoms with Crippen LogP contribution in [0, 0.1) is 29.4 Å². The Balaban J connectivity index is 2.00. The van der Waals surface area contributed by atoms with E-state index in [0.29, 0.717) is 17.8 Å². The van der Waals surface area contributed by atoms with Gasteiger partial charge in [0.2, 0.25) is 0 Å². The summed E-state index contributed by atoms with van der Waals surface area (Å²) in [4.78, 5) is 0.